The van der Waals surface area contributed by atoms with Crippen molar-refractivity contribution in [2.24, 2.45) is 0 Å². The van der Waals surface area contributed by atoms with Gasteiger partial charge in [-0.25, -0.2) is 9.97 Å². The highest BCUT2D eigenvalue weighted by atomic mass is 19.4. The zero-order valence-corrected chi connectivity index (χ0v) is 17.5. The van der Waals surface area contributed by atoms with Gasteiger partial charge in [0.2, 0.25) is 0 Å². The Balaban J connectivity index is 1.53. The van der Waals surface area contributed by atoms with Crippen LogP contribution >= 0.6 is 0 Å². The summed E-state index contributed by atoms with van der Waals surface area (Å²) in [5.41, 5.74) is 1.22. The van der Waals surface area contributed by atoms with Crippen molar-refractivity contribution < 1.29 is 18.0 Å². The quantitative estimate of drug-likeness (QED) is 0.611. The van der Waals surface area contributed by atoms with Gasteiger partial charge in [0, 0.05) is 55.8 Å². The molecule has 1 aliphatic rings. The predicted octanol–water partition coefficient (Wildman–Crippen LogP) is 4.08. The summed E-state index contributed by atoms with van der Waals surface area (Å²) in [7, 11) is 0. The van der Waals surface area contributed by atoms with E-state index in [2.05, 4.69) is 15.0 Å². The van der Waals surface area contributed by atoms with Crippen LogP contribution in [0.25, 0.3) is 11.4 Å². The fourth-order valence-electron chi connectivity index (χ4n) is 3.58. The molecule has 1 saturated heterocycles. The first-order valence-electron chi connectivity index (χ1n) is 10.3. The lowest BCUT2D eigenvalue weighted by Crippen LogP contribution is -2.49. The highest BCUT2D eigenvalue weighted by molar-refractivity contribution is 5.94. The van der Waals surface area contributed by atoms with Gasteiger partial charge in [-0.15, -0.1) is 0 Å². The molecule has 2 aromatic heterocycles. The van der Waals surface area contributed by atoms with Gasteiger partial charge in [0.15, 0.2) is 11.5 Å². The Morgan fingerprint density at radius 1 is 0.969 bits per heavy atom. The number of carbonyl (C=O) groups is 1. The maximum absolute atomic E-state index is 13.5. The standard InChI is InChI=1S/C23H22F3N5O/c1-2-16-3-5-18(6-4-16)22(32)31-13-11-30(12-14-31)20-15-19(23(24,25)26)28-21(29-20)17-7-9-27-10-8-17/h3-10,15H,2,11-14H2,1H3. The minimum absolute atomic E-state index is 0.00764. The number of hydrogen-bond acceptors (Lipinski definition) is 5. The number of halogens is 3. The molecule has 166 valence electrons. The molecule has 4 rings (SSSR count). The first-order valence-corrected chi connectivity index (χ1v) is 10.3. The Morgan fingerprint density at radius 2 is 1.62 bits per heavy atom. The third kappa shape index (κ3) is 4.71. The molecular formula is C23H22F3N5O. The third-order valence-electron chi connectivity index (χ3n) is 5.44. The summed E-state index contributed by atoms with van der Waals surface area (Å²) in [5, 5.41) is 0. The Labute approximate surface area is 183 Å². The number of pyridine rings is 1. The van der Waals surface area contributed by atoms with Crippen molar-refractivity contribution in [3.05, 3.63) is 71.7 Å². The van der Waals surface area contributed by atoms with Crippen LogP contribution in [0.15, 0.2) is 54.9 Å². The van der Waals surface area contributed by atoms with Crippen molar-refractivity contribution in [3.63, 3.8) is 0 Å². The van der Waals surface area contributed by atoms with Crippen molar-refractivity contribution in [1.29, 1.82) is 0 Å². The Hall–Kier alpha value is -3.49. The van der Waals surface area contributed by atoms with Crippen LogP contribution in [0.2, 0.25) is 0 Å². The molecule has 1 aromatic carbocycles. The fraction of sp³-hybridized carbons (Fsp3) is 0.304. The number of amides is 1. The minimum atomic E-state index is -4.60. The lowest BCUT2D eigenvalue weighted by molar-refractivity contribution is -0.141. The number of alkyl halides is 3. The minimum Gasteiger partial charge on any atom is -0.353 e. The van der Waals surface area contributed by atoms with Crippen LogP contribution in [0.3, 0.4) is 0 Å². The summed E-state index contributed by atoms with van der Waals surface area (Å²) >= 11 is 0. The highest BCUT2D eigenvalue weighted by Crippen LogP contribution is 2.32. The van der Waals surface area contributed by atoms with E-state index in [0.29, 0.717) is 37.3 Å². The van der Waals surface area contributed by atoms with Crippen LogP contribution in [-0.2, 0) is 12.6 Å². The molecule has 0 aliphatic carbocycles. The van der Waals surface area contributed by atoms with Crippen LogP contribution in [0.1, 0.15) is 28.5 Å². The SMILES string of the molecule is CCc1ccc(C(=O)N2CCN(c3cc(C(F)(F)F)nc(-c4ccncc4)n3)CC2)cc1. The number of aryl methyl sites for hydroxylation is 1. The Morgan fingerprint density at radius 3 is 2.22 bits per heavy atom. The molecule has 1 amide bonds. The molecule has 0 spiro atoms. The Bertz CT molecular complexity index is 1080. The molecule has 32 heavy (non-hydrogen) atoms. The molecular weight excluding hydrogens is 419 g/mol. The van der Waals surface area contributed by atoms with Crippen molar-refractivity contribution in [2.45, 2.75) is 19.5 Å². The Kier molecular flexibility index (Phi) is 6.07. The number of benzene rings is 1. The molecule has 1 fully saturated rings. The molecule has 0 bridgehead atoms. The number of carbonyl (C=O) groups excluding carboxylic acids is 1. The van der Waals surface area contributed by atoms with Crippen LogP contribution < -0.4 is 4.90 Å². The van der Waals surface area contributed by atoms with Gasteiger partial charge >= 0.3 is 6.18 Å². The van der Waals surface area contributed by atoms with Gasteiger partial charge in [0.25, 0.3) is 5.91 Å². The van der Waals surface area contributed by atoms with E-state index in [4.69, 9.17) is 0 Å². The maximum atomic E-state index is 13.5. The third-order valence-corrected chi connectivity index (χ3v) is 5.44. The summed E-state index contributed by atoms with van der Waals surface area (Å²) in [4.78, 5) is 28.2. The molecule has 3 aromatic rings. The van der Waals surface area contributed by atoms with Crippen LogP contribution in [0.5, 0.6) is 0 Å². The number of anilines is 1. The van der Waals surface area contributed by atoms with Crippen LogP contribution in [0.4, 0.5) is 19.0 Å². The second kappa shape index (κ2) is 8.94. The average molecular weight is 441 g/mol. The molecule has 1 aliphatic heterocycles. The monoisotopic (exact) mass is 441 g/mol. The van der Waals surface area contributed by atoms with Gasteiger partial charge in [-0.3, -0.25) is 9.78 Å². The van der Waals surface area contributed by atoms with Crippen LogP contribution in [-0.4, -0.2) is 51.9 Å². The number of rotatable bonds is 4. The number of aromatic nitrogens is 3. The van der Waals surface area contributed by atoms with E-state index in [1.165, 1.54) is 12.4 Å². The molecule has 0 N–H and O–H groups in total. The van der Waals surface area contributed by atoms with Gasteiger partial charge in [0.05, 0.1) is 0 Å². The molecule has 6 nitrogen and oxygen atoms in total. The van der Waals surface area contributed by atoms with Crippen molar-refractivity contribution >= 4 is 11.7 Å². The van der Waals surface area contributed by atoms with E-state index in [0.717, 1.165) is 18.1 Å². The van der Waals surface area contributed by atoms with Gasteiger partial charge in [-0.05, 0) is 36.2 Å². The molecule has 9 heteroatoms. The zero-order valence-electron chi connectivity index (χ0n) is 17.5. The van der Waals surface area contributed by atoms with Crippen molar-refractivity contribution in [2.75, 3.05) is 31.1 Å². The van der Waals surface area contributed by atoms with E-state index in [-0.39, 0.29) is 17.5 Å². The molecule has 0 atom stereocenters. The smallest absolute Gasteiger partial charge is 0.353 e. The zero-order chi connectivity index (χ0) is 22.7. The van der Waals surface area contributed by atoms with Crippen molar-refractivity contribution in [3.8, 4) is 11.4 Å². The average Bonchev–Trinajstić information content (AvgIpc) is 2.83. The number of piperazine rings is 1. The lowest BCUT2D eigenvalue weighted by Gasteiger charge is -2.35. The van der Waals surface area contributed by atoms with E-state index in [1.54, 1.807) is 21.9 Å². The summed E-state index contributed by atoms with van der Waals surface area (Å²) in [6.07, 6.45) is -0.735. The first-order chi connectivity index (χ1) is 15.3. The van der Waals surface area contributed by atoms with E-state index < -0.39 is 11.9 Å². The first kappa shape index (κ1) is 21.7. The normalized spacial score (nSPS) is 14.5. The number of hydrogen-bond donors (Lipinski definition) is 0. The maximum Gasteiger partial charge on any atom is 0.433 e. The van der Waals surface area contributed by atoms with Gasteiger partial charge in [-0.2, -0.15) is 13.2 Å². The van der Waals surface area contributed by atoms with Gasteiger partial charge in [-0.1, -0.05) is 19.1 Å². The summed E-state index contributed by atoms with van der Waals surface area (Å²) in [6.45, 7) is 3.59. The van der Waals surface area contributed by atoms with E-state index in [9.17, 15) is 18.0 Å². The van der Waals surface area contributed by atoms with E-state index in [1.807, 2.05) is 31.2 Å². The summed E-state index contributed by atoms with van der Waals surface area (Å²) < 4.78 is 40.4. The molecule has 3 heterocycles. The van der Waals surface area contributed by atoms with Gasteiger partial charge in [0.1, 0.15) is 5.82 Å². The topological polar surface area (TPSA) is 62.2 Å². The lowest BCUT2D eigenvalue weighted by atomic mass is 10.1. The summed E-state index contributed by atoms with van der Waals surface area (Å²) in [5.74, 6) is 0.105. The predicted molar refractivity (Wildman–Crippen MR) is 114 cm³/mol. The van der Waals surface area contributed by atoms with Gasteiger partial charge < -0.3 is 9.80 Å². The molecule has 0 radical (unpaired) electrons. The highest BCUT2D eigenvalue weighted by Gasteiger charge is 2.35. The van der Waals surface area contributed by atoms with Crippen LogP contribution in [0, 0.1) is 0 Å². The molecule has 0 unspecified atom stereocenters. The van der Waals surface area contributed by atoms with E-state index >= 15 is 0 Å². The van der Waals surface area contributed by atoms with Crippen molar-refractivity contribution in [1.82, 2.24) is 19.9 Å². The largest absolute Gasteiger partial charge is 0.433 e. The second-order valence-corrected chi connectivity index (χ2v) is 7.50. The number of nitrogens with zero attached hydrogens (tertiary/aromatic N) is 5. The summed E-state index contributed by atoms with van der Waals surface area (Å²) in [6, 6.07) is 11.6. The fourth-order valence-corrected chi connectivity index (χ4v) is 3.58. The second-order valence-electron chi connectivity index (χ2n) is 7.50. The molecule has 0 saturated carbocycles.